The zero-order chi connectivity index (χ0) is 20.5. The van der Waals surface area contributed by atoms with Gasteiger partial charge in [0.2, 0.25) is 0 Å². The molecule has 0 bridgehead atoms. The molecule has 1 aromatic carbocycles. The van der Waals surface area contributed by atoms with Gasteiger partial charge in [0, 0.05) is 51.7 Å². The molecule has 1 aromatic heterocycles. The number of aromatic nitrogens is 2. The van der Waals surface area contributed by atoms with Crippen LogP contribution >= 0.6 is 24.0 Å². The number of morpholine rings is 1. The Morgan fingerprint density at radius 1 is 1.17 bits per heavy atom. The van der Waals surface area contributed by atoms with Gasteiger partial charge in [-0.2, -0.15) is 5.10 Å². The van der Waals surface area contributed by atoms with Crippen LogP contribution in [-0.2, 0) is 11.2 Å². The van der Waals surface area contributed by atoms with Crippen molar-refractivity contribution < 1.29 is 4.74 Å². The zero-order valence-corrected chi connectivity index (χ0v) is 20.6. The molecule has 1 unspecified atom stereocenters. The molecule has 1 atom stereocenters. The molecule has 166 valence electrons. The Labute approximate surface area is 197 Å². The van der Waals surface area contributed by atoms with Gasteiger partial charge in [-0.25, -0.2) is 4.68 Å². The Kier molecular flexibility index (Phi) is 10.6. The van der Waals surface area contributed by atoms with E-state index in [9.17, 15) is 0 Å². The van der Waals surface area contributed by atoms with E-state index in [1.165, 1.54) is 5.56 Å². The lowest BCUT2D eigenvalue weighted by molar-refractivity contribution is 0.00752. The quantitative estimate of drug-likeness (QED) is 0.315. The van der Waals surface area contributed by atoms with Gasteiger partial charge in [0.05, 0.1) is 18.9 Å². The smallest absolute Gasteiger partial charge is 0.191 e. The summed E-state index contributed by atoms with van der Waals surface area (Å²) in [6.45, 7) is 9.96. The van der Waals surface area contributed by atoms with Gasteiger partial charge in [0.1, 0.15) is 0 Å². The fourth-order valence-corrected chi connectivity index (χ4v) is 3.68. The Bertz CT molecular complexity index is 741. The number of nitrogens with one attached hydrogen (secondary N) is 2. The first-order valence-corrected chi connectivity index (χ1v) is 10.5. The van der Waals surface area contributed by atoms with E-state index in [0.717, 1.165) is 57.5 Å². The van der Waals surface area contributed by atoms with E-state index in [-0.39, 0.29) is 24.0 Å². The zero-order valence-electron chi connectivity index (χ0n) is 18.3. The van der Waals surface area contributed by atoms with Gasteiger partial charge in [-0.1, -0.05) is 26.0 Å². The maximum atomic E-state index is 5.50. The van der Waals surface area contributed by atoms with Crippen molar-refractivity contribution in [2.24, 2.45) is 10.9 Å². The topological polar surface area (TPSA) is 66.7 Å². The fraction of sp³-hybridized carbons (Fsp3) is 0.545. The molecule has 1 aliphatic rings. The number of nitrogens with zero attached hydrogens (tertiary/aromatic N) is 4. The Morgan fingerprint density at radius 2 is 1.90 bits per heavy atom. The minimum atomic E-state index is 0. The van der Waals surface area contributed by atoms with Crippen LogP contribution in [0.4, 0.5) is 0 Å². The second-order valence-corrected chi connectivity index (χ2v) is 7.71. The number of hydrogen-bond acceptors (Lipinski definition) is 4. The molecule has 2 N–H and O–H groups in total. The summed E-state index contributed by atoms with van der Waals surface area (Å²) in [5, 5.41) is 11.2. The van der Waals surface area contributed by atoms with Crippen LogP contribution in [0.3, 0.4) is 0 Å². The van der Waals surface area contributed by atoms with Crippen LogP contribution in [0.25, 0.3) is 5.69 Å². The number of benzene rings is 1. The van der Waals surface area contributed by atoms with Crippen molar-refractivity contribution in [2.45, 2.75) is 26.3 Å². The average molecular weight is 526 g/mol. The van der Waals surface area contributed by atoms with Crippen LogP contribution in [0, 0.1) is 5.92 Å². The molecule has 0 aliphatic carbocycles. The highest BCUT2D eigenvalue weighted by molar-refractivity contribution is 14.0. The maximum Gasteiger partial charge on any atom is 0.191 e. The number of guanidine groups is 1. The molecule has 7 nitrogen and oxygen atoms in total. The summed E-state index contributed by atoms with van der Waals surface area (Å²) >= 11 is 0. The van der Waals surface area contributed by atoms with E-state index in [1.807, 2.05) is 24.0 Å². The number of aliphatic imine (C=N–C) groups is 1. The number of halogens is 1. The van der Waals surface area contributed by atoms with Crippen molar-refractivity contribution in [3.8, 4) is 5.69 Å². The largest absolute Gasteiger partial charge is 0.379 e. The third-order valence-corrected chi connectivity index (χ3v) is 5.40. The fourth-order valence-electron chi connectivity index (χ4n) is 3.68. The minimum absolute atomic E-state index is 0. The van der Waals surface area contributed by atoms with Gasteiger partial charge < -0.3 is 15.4 Å². The number of ether oxygens (including phenoxy) is 1. The summed E-state index contributed by atoms with van der Waals surface area (Å²) in [6, 6.07) is 10.9. The van der Waals surface area contributed by atoms with E-state index in [4.69, 9.17) is 4.74 Å². The summed E-state index contributed by atoms with van der Waals surface area (Å²) in [5.41, 5.74) is 2.37. The summed E-state index contributed by atoms with van der Waals surface area (Å²) in [5.74, 6) is 1.43. The highest BCUT2D eigenvalue weighted by atomic mass is 127. The van der Waals surface area contributed by atoms with E-state index >= 15 is 0 Å². The van der Waals surface area contributed by atoms with Crippen LogP contribution in [-0.4, -0.2) is 73.1 Å². The summed E-state index contributed by atoms with van der Waals surface area (Å²) < 4.78 is 7.37. The highest BCUT2D eigenvalue weighted by Gasteiger charge is 2.23. The van der Waals surface area contributed by atoms with Gasteiger partial charge in [-0.3, -0.25) is 9.89 Å². The van der Waals surface area contributed by atoms with Crippen molar-refractivity contribution in [1.29, 1.82) is 0 Å². The molecule has 2 aromatic rings. The van der Waals surface area contributed by atoms with Gasteiger partial charge >= 0.3 is 0 Å². The maximum absolute atomic E-state index is 5.50. The second-order valence-electron chi connectivity index (χ2n) is 7.71. The molecule has 2 heterocycles. The van der Waals surface area contributed by atoms with Crippen molar-refractivity contribution >= 4 is 29.9 Å². The predicted molar refractivity (Wildman–Crippen MR) is 133 cm³/mol. The van der Waals surface area contributed by atoms with Gasteiger partial charge in [0.25, 0.3) is 0 Å². The first kappa shape index (κ1) is 24.6. The predicted octanol–water partition coefficient (Wildman–Crippen LogP) is 2.55. The summed E-state index contributed by atoms with van der Waals surface area (Å²) in [4.78, 5) is 6.91. The standard InChI is InChI=1S/C22H34N6O.HI/c1-18(2)21(27-13-15-29-16-14-27)17-25-22(23-3)24-11-9-19-5-7-20(8-6-19)28-12-4-10-26-28;/h4-8,10,12,18,21H,9,11,13-17H2,1-3H3,(H2,23,24,25);1H. The molecule has 0 amide bonds. The average Bonchev–Trinajstić information content (AvgIpc) is 3.28. The molecule has 8 heteroatoms. The van der Waals surface area contributed by atoms with Crippen LogP contribution in [0.2, 0.25) is 0 Å². The molecular formula is C22H35IN6O. The molecule has 30 heavy (non-hydrogen) atoms. The van der Waals surface area contributed by atoms with Crippen LogP contribution < -0.4 is 10.6 Å². The van der Waals surface area contributed by atoms with Crippen molar-refractivity contribution in [3.63, 3.8) is 0 Å². The molecular weight excluding hydrogens is 491 g/mol. The van der Waals surface area contributed by atoms with Crippen LogP contribution in [0.1, 0.15) is 19.4 Å². The normalized spacial score (nSPS) is 16.2. The second kappa shape index (κ2) is 12.9. The summed E-state index contributed by atoms with van der Waals surface area (Å²) in [7, 11) is 1.83. The molecule has 1 fully saturated rings. The molecule has 1 saturated heterocycles. The highest BCUT2D eigenvalue weighted by Crippen LogP contribution is 2.12. The molecule has 0 spiro atoms. The minimum Gasteiger partial charge on any atom is -0.379 e. The molecule has 1 aliphatic heterocycles. The van der Waals surface area contributed by atoms with Crippen LogP contribution in [0.5, 0.6) is 0 Å². The van der Waals surface area contributed by atoms with Crippen LogP contribution in [0.15, 0.2) is 47.7 Å². The summed E-state index contributed by atoms with van der Waals surface area (Å²) in [6.07, 6.45) is 4.68. The number of rotatable bonds is 8. The number of hydrogen-bond donors (Lipinski definition) is 2. The lowest BCUT2D eigenvalue weighted by Gasteiger charge is -2.37. The first-order chi connectivity index (χ1) is 14.2. The Morgan fingerprint density at radius 3 is 2.50 bits per heavy atom. The van der Waals surface area contributed by atoms with Crippen molar-refractivity contribution in [2.75, 3.05) is 46.4 Å². The monoisotopic (exact) mass is 526 g/mol. The van der Waals surface area contributed by atoms with E-state index < -0.39 is 0 Å². The van der Waals surface area contributed by atoms with E-state index in [0.29, 0.717) is 12.0 Å². The van der Waals surface area contributed by atoms with Gasteiger partial charge in [-0.05, 0) is 36.1 Å². The van der Waals surface area contributed by atoms with E-state index in [2.05, 4.69) is 63.7 Å². The molecule has 0 radical (unpaired) electrons. The van der Waals surface area contributed by atoms with Gasteiger partial charge in [0.15, 0.2) is 5.96 Å². The Balaban J connectivity index is 0.00000320. The molecule has 3 rings (SSSR count). The SMILES string of the molecule is CN=C(NCCc1ccc(-n2cccn2)cc1)NCC(C(C)C)N1CCOCC1.I. The lowest BCUT2D eigenvalue weighted by atomic mass is 10.0. The van der Waals surface area contributed by atoms with E-state index in [1.54, 1.807) is 6.20 Å². The third-order valence-electron chi connectivity index (χ3n) is 5.40. The Hall–Kier alpha value is -1.65. The van der Waals surface area contributed by atoms with Crippen molar-refractivity contribution in [1.82, 2.24) is 25.3 Å². The molecule has 0 saturated carbocycles. The van der Waals surface area contributed by atoms with Crippen molar-refractivity contribution in [3.05, 3.63) is 48.3 Å². The third kappa shape index (κ3) is 7.24. The van der Waals surface area contributed by atoms with Gasteiger partial charge in [-0.15, -0.1) is 24.0 Å². The first-order valence-electron chi connectivity index (χ1n) is 10.5. The lowest BCUT2D eigenvalue weighted by Crippen LogP contribution is -2.52.